The zero-order chi connectivity index (χ0) is 22.7. The maximum Gasteiger partial charge on any atom is 0.349 e. The fourth-order valence-electron chi connectivity index (χ4n) is 3.47. The summed E-state index contributed by atoms with van der Waals surface area (Å²) in [4.78, 5) is 12.2. The largest absolute Gasteiger partial charge is 0.482 e. The van der Waals surface area contributed by atoms with E-state index in [0.717, 1.165) is 21.2 Å². The minimum absolute atomic E-state index is 0.0242. The van der Waals surface area contributed by atoms with Crippen LogP contribution in [0, 0.1) is 18.3 Å². The molecule has 0 spiro atoms. The predicted octanol–water partition coefficient (Wildman–Crippen LogP) is 4.96. The highest BCUT2D eigenvalue weighted by Crippen LogP contribution is 2.43. The third-order valence-electron chi connectivity index (χ3n) is 4.98. The summed E-state index contributed by atoms with van der Waals surface area (Å²) in [5, 5.41) is 9.67. The molecule has 3 aromatic carbocycles. The van der Waals surface area contributed by atoms with E-state index in [-0.39, 0.29) is 12.5 Å². The Bertz CT molecular complexity index is 1250. The van der Waals surface area contributed by atoms with Gasteiger partial charge < -0.3 is 19.9 Å². The highest BCUT2D eigenvalue weighted by atomic mass is 79.9. The number of carbonyl (C=O) groups is 1. The Hall–Kier alpha value is -3.76. The van der Waals surface area contributed by atoms with Crippen LogP contribution in [0.1, 0.15) is 22.6 Å². The summed E-state index contributed by atoms with van der Waals surface area (Å²) in [5.41, 5.74) is 9.11. The lowest BCUT2D eigenvalue weighted by Crippen LogP contribution is -2.21. The molecule has 1 aliphatic rings. The molecule has 0 aromatic heterocycles. The van der Waals surface area contributed by atoms with E-state index >= 15 is 0 Å². The summed E-state index contributed by atoms with van der Waals surface area (Å²) in [6, 6.07) is 22.2. The number of nitrogens with zero attached hydrogens (tertiary/aromatic N) is 1. The van der Waals surface area contributed by atoms with Gasteiger partial charge in [-0.2, -0.15) is 5.26 Å². The summed E-state index contributed by atoms with van der Waals surface area (Å²) in [7, 11) is 0. The van der Waals surface area contributed by atoms with E-state index in [4.69, 9.17) is 19.9 Å². The van der Waals surface area contributed by atoms with Crippen molar-refractivity contribution in [1.82, 2.24) is 0 Å². The van der Waals surface area contributed by atoms with Gasteiger partial charge in [0, 0.05) is 16.1 Å². The van der Waals surface area contributed by atoms with Crippen molar-refractivity contribution < 1.29 is 19.0 Å². The van der Waals surface area contributed by atoms with Crippen LogP contribution in [0.5, 0.6) is 17.2 Å². The summed E-state index contributed by atoms with van der Waals surface area (Å²) in [6.07, 6.45) is 0. The Balaban J connectivity index is 1.54. The highest BCUT2D eigenvalue weighted by molar-refractivity contribution is 9.10. The number of nitriles is 1. The Kier molecular flexibility index (Phi) is 6.15. The fourth-order valence-corrected chi connectivity index (χ4v) is 3.88. The molecule has 1 aliphatic heterocycles. The molecule has 0 saturated carbocycles. The van der Waals surface area contributed by atoms with E-state index in [9.17, 15) is 10.1 Å². The van der Waals surface area contributed by atoms with Crippen LogP contribution >= 0.6 is 15.9 Å². The molecule has 7 heteroatoms. The highest BCUT2D eigenvalue weighted by Gasteiger charge is 2.31. The van der Waals surface area contributed by atoms with Crippen molar-refractivity contribution >= 4 is 21.9 Å². The van der Waals surface area contributed by atoms with Crippen molar-refractivity contribution in [2.24, 2.45) is 5.73 Å². The van der Waals surface area contributed by atoms with Gasteiger partial charge in [-0.3, -0.25) is 0 Å². The van der Waals surface area contributed by atoms with Crippen molar-refractivity contribution in [3.05, 3.63) is 99.3 Å². The Morgan fingerprint density at radius 2 is 1.88 bits per heavy atom. The normalized spacial score (nSPS) is 14.7. The average Bonchev–Trinajstić information content (AvgIpc) is 2.77. The number of halogens is 1. The van der Waals surface area contributed by atoms with Crippen molar-refractivity contribution in [2.45, 2.75) is 12.8 Å². The first kappa shape index (κ1) is 21.5. The van der Waals surface area contributed by atoms with Gasteiger partial charge in [0.05, 0.1) is 5.92 Å². The number of fused-ring (bicyclic) bond motifs is 1. The number of nitrogens with two attached hydrogens (primary N) is 1. The van der Waals surface area contributed by atoms with Crippen LogP contribution in [0.4, 0.5) is 0 Å². The van der Waals surface area contributed by atoms with Crippen LogP contribution in [0.2, 0.25) is 0 Å². The topological polar surface area (TPSA) is 94.6 Å². The van der Waals surface area contributed by atoms with E-state index in [1.165, 1.54) is 0 Å². The second-order valence-electron chi connectivity index (χ2n) is 7.26. The fraction of sp³-hybridized carbons (Fsp3) is 0.120. The standard InChI is InChI=1S/C25H19BrN2O4/c1-15-5-7-18(8-6-15)30-14-23(29)31-19-9-10-20-22(12-19)32-25(28)21(13-27)24(20)16-3-2-4-17(26)11-16/h2-12,24H,14,28H2,1H3. The van der Waals surface area contributed by atoms with Crippen molar-refractivity contribution in [1.29, 1.82) is 5.26 Å². The first-order valence-corrected chi connectivity index (χ1v) is 10.6. The number of carbonyl (C=O) groups excluding carboxylic acids is 1. The minimum atomic E-state index is -0.550. The van der Waals surface area contributed by atoms with E-state index in [1.54, 1.807) is 30.3 Å². The first-order chi connectivity index (χ1) is 15.4. The molecule has 0 radical (unpaired) electrons. The molecule has 0 amide bonds. The number of allylic oxidation sites excluding steroid dienone is 1. The van der Waals surface area contributed by atoms with Crippen LogP contribution in [0.25, 0.3) is 0 Å². The quantitative estimate of drug-likeness (QED) is 0.401. The SMILES string of the molecule is Cc1ccc(OCC(=O)Oc2ccc3c(c2)OC(N)=C(C#N)C3c2cccc(Br)c2)cc1. The molecular formula is C25H19BrN2O4. The molecule has 0 aliphatic carbocycles. The molecule has 160 valence electrons. The van der Waals surface area contributed by atoms with Crippen LogP contribution in [0.3, 0.4) is 0 Å². The second-order valence-corrected chi connectivity index (χ2v) is 8.17. The van der Waals surface area contributed by atoms with Crippen LogP contribution < -0.4 is 19.9 Å². The number of ether oxygens (including phenoxy) is 3. The zero-order valence-corrected chi connectivity index (χ0v) is 18.8. The van der Waals surface area contributed by atoms with Gasteiger partial charge >= 0.3 is 5.97 Å². The second kappa shape index (κ2) is 9.16. The summed E-state index contributed by atoms with van der Waals surface area (Å²) in [5.74, 6) is 0.386. The number of benzene rings is 3. The number of esters is 1. The maximum atomic E-state index is 12.2. The molecule has 1 atom stereocenters. The Morgan fingerprint density at radius 3 is 2.59 bits per heavy atom. The lowest BCUT2D eigenvalue weighted by Gasteiger charge is -2.26. The van der Waals surface area contributed by atoms with Gasteiger partial charge in [0.15, 0.2) is 6.61 Å². The average molecular weight is 491 g/mol. The van der Waals surface area contributed by atoms with Gasteiger partial charge in [-0.25, -0.2) is 4.79 Å². The van der Waals surface area contributed by atoms with E-state index in [0.29, 0.717) is 22.8 Å². The van der Waals surface area contributed by atoms with Crippen LogP contribution in [-0.4, -0.2) is 12.6 Å². The van der Waals surface area contributed by atoms with Gasteiger partial charge in [-0.15, -0.1) is 0 Å². The van der Waals surface area contributed by atoms with E-state index < -0.39 is 11.9 Å². The Labute approximate surface area is 194 Å². The number of aryl methyl sites for hydroxylation is 1. The Morgan fingerprint density at radius 1 is 1.12 bits per heavy atom. The molecule has 0 saturated heterocycles. The molecule has 1 unspecified atom stereocenters. The minimum Gasteiger partial charge on any atom is -0.482 e. The number of hydrogen-bond donors (Lipinski definition) is 1. The molecule has 6 nitrogen and oxygen atoms in total. The van der Waals surface area contributed by atoms with Crippen LogP contribution in [0.15, 0.2) is 82.7 Å². The molecule has 2 N–H and O–H groups in total. The van der Waals surface area contributed by atoms with E-state index in [2.05, 4.69) is 22.0 Å². The van der Waals surface area contributed by atoms with E-state index in [1.807, 2.05) is 43.3 Å². The third-order valence-corrected chi connectivity index (χ3v) is 5.48. The molecular weight excluding hydrogens is 472 g/mol. The summed E-state index contributed by atoms with van der Waals surface area (Å²) in [6.45, 7) is 1.74. The van der Waals surface area contributed by atoms with Gasteiger partial charge in [-0.05, 0) is 42.8 Å². The maximum absolute atomic E-state index is 12.2. The molecule has 0 bridgehead atoms. The van der Waals surface area contributed by atoms with Gasteiger partial charge in [0.25, 0.3) is 0 Å². The van der Waals surface area contributed by atoms with Crippen molar-refractivity contribution in [3.8, 4) is 23.3 Å². The van der Waals surface area contributed by atoms with Gasteiger partial charge in [0.1, 0.15) is 28.9 Å². The number of rotatable bonds is 5. The van der Waals surface area contributed by atoms with Crippen LogP contribution in [-0.2, 0) is 4.79 Å². The zero-order valence-electron chi connectivity index (χ0n) is 17.2. The third kappa shape index (κ3) is 4.61. The summed E-state index contributed by atoms with van der Waals surface area (Å²) < 4.78 is 17.4. The molecule has 4 rings (SSSR count). The first-order valence-electron chi connectivity index (χ1n) is 9.82. The summed E-state index contributed by atoms with van der Waals surface area (Å²) >= 11 is 3.47. The smallest absolute Gasteiger partial charge is 0.349 e. The molecule has 32 heavy (non-hydrogen) atoms. The lowest BCUT2D eigenvalue weighted by molar-refractivity contribution is -0.136. The van der Waals surface area contributed by atoms with Crippen molar-refractivity contribution in [2.75, 3.05) is 6.61 Å². The number of hydrogen-bond acceptors (Lipinski definition) is 6. The van der Waals surface area contributed by atoms with Gasteiger partial charge in [-0.1, -0.05) is 51.8 Å². The predicted molar refractivity (Wildman–Crippen MR) is 122 cm³/mol. The monoisotopic (exact) mass is 490 g/mol. The molecule has 1 heterocycles. The molecule has 3 aromatic rings. The molecule has 0 fully saturated rings. The lowest BCUT2D eigenvalue weighted by atomic mass is 9.83. The van der Waals surface area contributed by atoms with Crippen molar-refractivity contribution in [3.63, 3.8) is 0 Å². The van der Waals surface area contributed by atoms with Gasteiger partial charge in [0.2, 0.25) is 5.88 Å².